The van der Waals surface area contributed by atoms with Gasteiger partial charge in [-0.25, -0.2) is 0 Å². The summed E-state index contributed by atoms with van der Waals surface area (Å²) >= 11 is 3.19. The van der Waals surface area contributed by atoms with Gasteiger partial charge in [0.05, 0.1) is 6.54 Å². The Bertz CT molecular complexity index is 340. The Morgan fingerprint density at radius 1 is 1.00 bits per heavy atom. The number of hydrogen-bond donors (Lipinski definition) is 0. The second-order valence-electron chi connectivity index (χ2n) is 4.52. The number of benzene rings is 1. The number of alkyl halides is 4. The Kier molecular flexibility index (Phi) is 7.46. The molecule has 0 N–H and O–H groups in total. The van der Waals surface area contributed by atoms with Crippen LogP contribution in [-0.4, -0.2) is 36.0 Å². The standard InChI is InChI=1S/C14H19BrF3N/c15-9-11-19(12-14(16,17)18)10-5-4-8-13-6-2-1-3-7-13/h1-3,6-7H,4-5,8-12H2. The van der Waals surface area contributed by atoms with E-state index in [9.17, 15) is 13.2 Å². The van der Waals surface area contributed by atoms with E-state index >= 15 is 0 Å². The van der Waals surface area contributed by atoms with Crippen LogP contribution < -0.4 is 0 Å². The summed E-state index contributed by atoms with van der Waals surface area (Å²) in [5.74, 6) is 0. The zero-order chi connectivity index (χ0) is 14.1. The average Bonchev–Trinajstić information content (AvgIpc) is 2.34. The molecule has 0 aliphatic rings. The molecule has 0 bridgehead atoms. The van der Waals surface area contributed by atoms with Gasteiger partial charge in [-0.1, -0.05) is 46.3 Å². The van der Waals surface area contributed by atoms with Crippen LogP contribution in [0.3, 0.4) is 0 Å². The first-order valence-electron chi connectivity index (χ1n) is 6.40. The first kappa shape index (κ1) is 16.5. The maximum Gasteiger partial charge on any atom is 0.401 e. The molecule has 1 aromatic carbocycles. The van der Waals surface area contributed by atoms with E-state index in [0.29, 0.717) is 18.4 Å². The molecule has 0 aliphatic carbocycles. The number of unbranched alkanes of at least 4 members (excludes halogenated alkanes) is 1. The molecule has 1 aromatic rings. The Hall–Kier alpha value is -0.550. The number of hydrogen-bond acceptors (Lipinski definition) is 1. The van der Waals surface area contributed by atoms with E-state index in [0.717, 1.165) is 19.3 Å². The van der Waals surface area contributed by atoms with Crippen molar-refractivity contribution in [1.29, 1.82) is 0 Å². The maximum absolute atomic E-state index is 12.3. The minimum absolute atomic E-state index is 0.435. The first-order chi connectivity index (χ1) is 9.01. The summed E-state index contributed by atoms with van der Waals surface area (Å²) < 4.78 is 37.0. The fourth-order valence-electron chi connectivity index (χ4n) is 1.95. The summed E-state index contributed by atoms with van der Waals surface area (Å²) in [6.07, 6.45) is -1.48. The normalized spacial score (nSPS) is 12.1. The van der Waals surface area contributed by atoms with Gasteiger partial charge in [0.15, 0.2) is 0 Å². The highest BCUT2D eigenvalue weighted by Gasteiger charge is 2.30. The highest BCUT2D eigenvalue weighted by Crippen LogP contribution is 2.17. The van der Waals surface area contributed by atoms with Crippen molar-refractivity contribution < 1.29 is 13.2 Å². The van der Waals surface area contributed by atoms with E-state index in [1.807, 2.05) is 30.3 Å². The van der Waals surface area contributed by atoms with Gasteiger partial charge in [0.2, 0.25) is 0 Å². The molecule has 0 amide bonds. The van der Waals surface area contributed by atoms with Crippen molar-refractivity contribution in [2.45, 2.75) is 25.4 Å². The van der Waals surface area contributed by atoms with E-state index < -0.39 is 12.7 Å². The summed E-state index contributed by atoms with van der Waals surface area (Å²) in [7, 11) is 0. The van der Waals surface area contributed by atoms with Crippen molar-refractivity contribution >= 4 is 15.9 Å². The van der Waals surface area contributed by atoms with Crippen LogP contribution in [-0.2, 0) is 6.42 Å². The molecule has 0 saturated heterocycles. The average molecular weight is 338 g/mol. The fourth-order valence-corrected chi connectivity index (χ4v) is 2.45. The van der Waals surface area contributed by atoms with Crippen LogP contribution in [0.5, 0.6) is 0 Å². The molecule has 0 aromatic heterocycles. The summed E-state index contributed by atoms with van der Waals surface area (Å²) in [6, 6.07) is 10.0. The number of halogens is 4. The van der Waals surface area contributed by atoms with Crippen molar-refractivity contribution in [2.75, 3.05) is 25.0 Å². The fraction of sp³-hybridized carbons (Fsp3) is 0.571. The highest BCUT2D eigenvalue weighted by atomic mass is 79.9. The summed E-state index contributed by atoms with van der Waals surface area (Å²) in [5.41, 5.74) is 1.24. The van der Waals surface area contributed by atoms with E-state index in [2.05, 4.69) is 15.9 Å². The lowest BCUT2D eigenvalue weighted by Gasteiger charge is -2.22. The van der Waals surface area contributed by atoms with Gasteiger partial charge >= 0.3 is 6.18 Å². The Balaban J connectivity index is 2.24. The number of rotatable bonds is 8. The van der Waals surface area contributed by atoms with Crippen molar-refractivity contribution in [3.63, 3.8) is 0 Å². The Morgan fingerprint density at radius 3 is 2.26 bits per heavy atom. The monoisotopic (exact) mass is 337 g/mol. The number of aryl methyl sites for hydroxylation is 1. The zero-order valence-corrected chi connectivity index (χ0v) is 12.4. The Morgan fingerprint density at radius 2 is 1.68 bits per heavy atom. The third-order valence-electron chi connectivity index (χ3n) is 2.84. The molecule has 1 rings (SSSR count). The van der Waals surface area contributed by atoms with E-state index in [1.165, 1.54) is 10.5 Å². The molecule has 0 atom stereocenters. The largest absolute Gasteiger partial charge is 0.401 e. The smallest absolute Gasteiger partial charge is 0.294 e. The van der Waals surface area contributed by atoms with Crippen molar-refractivity contribution in [2.24, 2.45) is 0 Å². The molecular weight excluding hydrogens is 319 g/mol. The SMILES string of the molecule is FC(F)(F)CN(CCBr)CCCCc1ccccc1. The summed E-state index contributed by atoms with van der Waals surface area (Å²) in [6.45, 7) is 0.118. The third kappa shape index (κ3) is 8.26. The minimum Gasteiger partial charge on any atom is -0.294 e. The van der Waals surface area contributed by atoms with E-state index in [-0.39, 0.29) is 0 Å². The zero-order valence-electron chi connectivity index (χ0n) is 10.8. The van der Waals surface area contributed by atoms with Gasteiger partial charge in [0.25, 0.3) is 0 Å². The molecule has 0 fully saturated rings. The van der Waals surface area contributed by atoms with Gasteiger partial charge in [-0.15, -0.1) is 0 Å². The second-order valence-corrected chi connectivity index (χ2v) is 5.32. The van der Waals surface area contributed by atoms with Crippen molar-refractivity contribution in [3.8, 4) is 0 Å². The van der Waals surface area contributed by atoms with E-state index in [4.69, 9.17) is 0 Å². The molecular formula is C14H19BrF3N. The van der Waals surface area contributed by atoms with Crippen LogP contribution in [0.15, 0.2) is 30.3 Å². The van der Waals surface area contributed by atoms with Crippen LogP contribution >= 0.6 is 15.9 Å². The van der Waals surface area contributed by atoms with Crippen molar-refractivity contribution in [3.05, 3.63) is 35.9 Å². The van der Waals surface area contributed by atoms with Crippen LogP contribution in [0, 0.1) is 0 Å². The van der Waals surface area contributed by atoms with Crippen LogP contribution in [0.2, 0.25) is 0 Å². The molecule has 0 unspecified atom stereocenters. The molecule has 108 valence electrons. The lowest BCUT2D eigenvalue weighted by molar-refractivity contribution is -0.145. The maximum atomic E-state index is 12.3. The molecule has 0 heterocycles. The third-order valence-corrected chi connectivity index (χ3v) is 3.19. The van der Waals surface area contributed by atoms with E-state index in [1.54, 1.807) is 0 Å². The molecule has 19 heavy (non-hydrogen) atoms. The summed E-state index contributed by atoms with van der Waals surface area (Å²) in [5, 5.41) is 0.571. The number of nitrogens with zero attached hydrogens (tertiary/aromatic N) is 1. The van der Waals surface area contributed by atoms with Gasteiger partial charge in [0.1, 0.15) is 0 Å². The van der Waals surface area contributed by atoms with Gasteiger partial charge in [-0.3, -0.25) is 4.90 Å². The first-order valence-corrected chi connectivity index (χ1v) is 7.52. The summed E-state index contributed by atoms with van der Waals surface area (Å²) in [4.78, 5) is 1.46. The lowest BCUT2D eigenvalue weighted by atomic mass is 10.1. The van der Waals surface area contributed by atoms with Gasteiger partial charge in [0, 0.05) is 11.9 Å². The quantitative estimate of drug-likeness (QED) is 0.505. The van der Waals surface area contributed by atoms with Gasteiger partial charge in [-0.05, 0) is 31.4 Å². The van der Waals surface area contributed by atoms with Crippen LogP contribution in [0.4, 0.5) is 13.2 Å². The predicted molar refractivity (Wildman–Crippen MR) is 75.7 cm³/mol. The van der Waals surface area contributed by atoms with Crippen molar-refractivity contribution in [1.82, 2.24) is 4.90 Å². The molecule has 5 heteroatoms. The second kappa shape index (κ2) is 8.59. The predicted octanol–water partition coefficient (Wildman–Crippen LogP) is 4.27. The molecule has 0 spiro atoms. The highest BCUT2D eigenvalue weighted by molar-refractivity contribution is 9.09. The molecule has 0 saturated carbocycles. The van der Waals surface area contributed by atoms with Crippen LogP contribution in [0.25, 0.3) is 0 Å². The molecule has 0 radical (unpaired) electrons. The lowest BCUT2D eigenvalue weighted by Crippen LogP contribution is -2.36. The topological polar surface area (TPSA) is 3.24 Å². The molecule has 1 nitrogen and oxygen atoms in total. The van der Waals surface area contributed by atoms with Gasteiger partial charge in [-0.2, -0.15) is 13.2 Å². The Labute approximate surface area is 120 Å². The minimum atomic E-state index is -4.11. The molecule has 0 aliphatic heterocycles. The van der Waals surface area contributed by atoms with Gasteiger partial charge < -0.3 is 0 Å². The van der Waals surface area contributed by atoms with Crippen LogP contribution in [0.1, 0.15) is 18.4 Å².